The highest BCUT2D eigenvalue weighted by Crippen LogP contribution is 2.26. The Balaban J connectivity index is 1.75. The number of aromatic nitrogens is 5. The Morgan fingerprint density at radius 1 is 0.969 bits per heavy atom. The second-order valence-corrected chi connectivity index (χ2v) is 8.44. The van der Waals surface area contributed by atoms with Gasteiger partial charge in [-0.25, -0.2) is 15.0 Å². The Bertz CT molecular complexity index is 1480. The van der Waals surface area contributed by atoms with Crippen LogP contribution in [0.5, 0.6) is 5.75 Å². The summed E-state index contributed by atoms with van der Waals surface area (Å²) in [5.74, 6) is 1.30. The second-order valence-electron chi connectivity index (χ2n) is 8.44. The number of methoxy groups -OCH3 is 1. The Labute approximate surface area is 185 Å². The summed E-state index contributed by atoms with van der Waals surface area (Å²) in [6.07, 6.45) is 2.56. The van der Waals surface area contributed by atoms with Crippen LogP contribution in [0.2, 0.25) is 0 Å². The predicted octanol–water partition coefficient (Wildman–Crippen LogP) is 4.40. The van der Waals surface area contributed by atoms with Gasteiger partial charge in [0.1, 0.15) is 16.7 Å². The number of para-hydroxylation sites is 2. The first kappa shape index (κ1) is 20.2. The average Bonchev–Trinajstić information content (AvgIpc) is 3.10. The Morgan fingerprint density at radius 3 is 2.38 bits per heavy atom. The van der Waals surface area contributed by atoms with Crippen molar-refractivity contribution in [2.45, 2.75) is 33.4 Å². The van der Waals surface area contributed by atoms with E-state index in [0.29, 0.717) is 41.2 Å². The van der Waals surface area contributed by atoms with Crippen LogP contribution >= 0.6 is 0 Å². The lowest BCUT2D eigenvalue weighted by Crippen LogP contribution is -2.21. The fourth-order valence-corrected chi connectivity index (χ4v) is 3.96. The summed E-state index contributed by atoms with van der Waals surface area (Å²) < 4.78 is 8.95. The van der Waals surface area contributed by atoms with Crippen LogP contribution in [0.3, 0.4) is 0 Å². The van der Waals surface area contributed by atoms with E-state index in [4.69, 9.17) is 19.7 Å². The minimum atomic E-state index is -0.0706. The van der Waals surface area contributed by atoms with Crippen molar-refractivity contribution in [2.75, 3.05) is 7.11 Å². The summed E-state index contributed by atoms with van der Waals surface area (Å²) in [6, 6.07) is 15.6. The first-order valence-corrected chi connectivity index (χ1v) is 10.8. The molecule has 0 N–H and O–H groups in total. The lowest BCUT2D eigenvalue weighted by atomic mass is 10.1. The number of benzene rings is 2. The van der Waals surface area contributed by atoms with E-state index in [0.717, 1.165) is 28.8 Å². The molecule has 0 saturated heterocycles. The SMILES string of the molecule is COc1ccc(Cn2c3nc4ccccc4nc3c3c(=O)n(CCC(C)C)cnc32)cc1. The number of hydrogen-bond donors (Lipinski definition) is 0. The number of hydrogen-bond acceptors (Lipinski definition) is 5. The third-order valence-electron chi connectivity index (χ3n) is 5.77. The lowest BCUT2D eigenvalue weighted by molar-refractivity contribution is 0.414. The van der Waals surface area contributed by atoms with E-state index in [-0.39, 0.29) is 5.56 Å². The van der Waals surface area contributed by atoms with Gasteiger partial charge in [0.2, 0.25) is 0 Å². The van der Waals surface area contributed by atoms with Gasteiger partial charge >= 0.3 is 0 Å². The standard InChI is InChI=1S/C25H25N5O2/c1-16(2)12-13-29-15-26-23-21(25(29)31)22-24(28-20-7-5-4-6-19(20)27-22)30(23)14-17-8-10-18(32-3)11-9-17/h4-11,15-16H,12-14H2,1-3H3. The zero-order valence-electron chi connectivity index (χ0n) is 18.4. The quantitative estimate of drug-likeness (QED) is 0.402. The van der Waals surface area contributed by atoms with Crippen LogP contribution in [-0.2, 0) is 13.1 Å². The molecule has 5 rings (SSSR count). The van der Waals surface area contributed by atoms with E-state index in [1.54, 1.807) is 18.0 Å². The predicted molar refractivity (Wildman–Crippen MR) is 126 cm³/mol. The van der Waals surface area contributed by atoms with E-state index in [1.807, 2.05) is 53.1 Å². The van der Waals surface area contributed by atoms with Crippen molar-refractivity contribution in [1.82, 2.24) is 24.1 Å². The zero-order valence-corrected chi connectivity index (χ0v) is 18.4. The van der Waals surface area contributed by atoms with Gasteiger partial charge in [-0.05, 0) is 42.2 Å². The van der Waals surface area contributed by atoms with Crippen molar-refractivity contribution in [3.63, 3.8) is 0 Å². The van der Waals surface area contributed by atoms with Gasteiger partial charge in [-0.1, -0.05) is 38.1 Å². The Morgan fingerprint density at radius 2 is 1.69 bits per heavy atom. The molecule has 0 radical (unpaired) electrons. The summed E-state index contributed by atoms with van der Waals surface area (Å²) in [7, 11) is 1.65. The normalized spacial score (nSPS) is 11.8. The molecular formula is C25H25N5O2. The zero-order chi connectivity index (χ0) is 22.2. The molecule has 0 unspecified atom stereocenters. The maximum atomic E-state index is 13.5. The van der Waals surface area contributed by atoms with Gasteiger partial charge < -0.3 is 9.30 Å². The van der Waals surface area contributed by atoms with Crippen LogP contribution in [0, 0.1) is 5.92 Å². The molecule has 162 valence electrons. The van der Waals surface area contributed by atoms with E-state index in [1.165, 1.54) is 0 Å². The van der Waals surface area contributed by atoms with Gasteiger partial charge in [0.25, 0.3) is 5.56 Å². The topological polar surface area (TPSA) is 74.8 Å². The van der Waals surface area contributed by atoms with Crippen LogP contribution in [-0.4, -0.2) is 31.2 Å². The monoisotopic (exact) mass is 427 g/mol. The van der Waals surface area contributed by atoms with Crippen molar-refractivity contribution in [3.05, 3.63) is 70.8 Å². The largest absolute Gasteiger partial charge is 0.497 e. The van der Waals surface area contributed by atoms with Gasteiger partial charge in [0, 0.05) is 6.54 Å². The molecule has 0 bridgehead atoms. The van der Waals surface area contributed by atoms with Crippen LogP contribution in [0.15, 0.2) is 59.7 Å². The number of fused-ring (bicyclic) bond motifs is 4. The van der Waals surface area contributed by atoms with E-state index in [2.05, 4.69) is 13.8 Å². The first-order chi connectivity index (χ1) is 15.5. The van der Waals surface area contributed by atoms with Crippen LogP contribution in [0.4, 0.5) is 0 Å². The molecule has 2 aromatic carbocycles. The highest BCUT2D eigenvalue weighted by Gasteiger charge is 2.20. The smallest absolute Gasteiger partial charge is 0.265 e. The third kappa shape index (κ3) is 3.49. The van der Waals surface area contributed by atoms with Gasteiger partial charge in [0.15, 0.2) is 11.3 Å². The molecule has 0 atom stereocenters. The van der Waals surface area contributed by atoms with Crippen molar-refractivity contribution in [2.24, 2.45) is 5.92 Å². The molecule has 7 nitrogen and oxygen atoms in total. The van der Waals surface area contributed by atoms with E-state index < -0.39 is 0 Å². The molecule has 0 aliphatic heterocycles. The lowest BCUT2D eigenvalue weighted by Gasteiger charge is -2.09. The van der Waals surface area contributed by atoms with Crippen molar-refractivity contribution in [1.29, 1.82) is 0 Å². The number of aryl methyl sites for hydroxylation is 1. The molecule has 3 heterocycles. The molecule has 32 heavy (non-hydrogen) atoms. The van der Waals surface area contributed by atoms with Crippen molar-refractivity contribution < 1.29 is 4.74 Å². The maximum Gasteiger partial charge on any atom is 0.265 e. The summed E-state index contributed by atoms with van der Waals surface area (Å²) in [5.41, 5.74) is 4.42. The summed E-state index contributed by atoms with van der Waals surface area (Å²) in [6.45, 7) is 5.45. The molecular weight excluding hydrogens is 402 g/mol. The number of ether oxygens (including phenoxy) is 1. The van der Waals surface area contributed by atoms with Gasteiger partial charge in [0.05, 0.1) is 31.0 Å². The molecule has 0 aliphatic rings. The molecule has 0 saturated carbocycles. The number of nitrogens with zero attached hydrogens (tertiary/aromatic N) is 5. The highest BCUT2D eigenvalue weighted by molar-refractivity contribution is 6.04. The molecule has 5 aromatic rings. The third-order valence-corrected chi connectivity index (χ3v) is 5.77. The van der Waals surface area contributed by atoms with Gasteiger partial charge in [-0.15, -0.1) is 0 Å². The molecule has 0 amide bonds. The summed E-state index contributed by atoms with van der Waals surface area (Å²) in [4.78, 5) is 27.9. The molecule has 7 heteroatoms. The van der Waals surface area contributed by atoms with Gasteiger partial charge in [-0.2, -0.15) is 0 Å². The minimum Gasteiger partial charge on any atom is -0.497 e. The molecule has 0 spiro atoms. The van der Waals surface area contributed by atoms with Crippen LogP contribution < -0.4 is 10.3 Å². The Hall–Kier alpha value is -3.74. The van der Waals surface area contributed by atoms with Crippen molar-refractivity contribution >= 4 is 33.2 Å². The Kier molecular flexibility index (Phi) is 5.09. The minimum absolute atomic E-state index is 0.0706. The fraction of sp³-hybridized carbons (Fsp3) is 0.280. The second kappa shape index (κ2) is 8.07. The van der Waals surface area contributed by atoms with Crippen LogP contribution in [0.25, 0.3) is 33.2 Å². The molecule has 3 aromatic heterocycles. The highest BCUT2D eigenvalue weighted by atomic mass is 16.5. The summed E-state index contributed by atoms with van der Waals surface area (Å²) >= 11 is 0. The molecule has 0 fully saturated rings. The van der Waals surface area contributed by atoms with Gasteiger partial charge in [-0.3, -0.25) is 9.36 Å². The maximum absolute atomic E-state index is 13.5. The average molecular weight is 428 g/mol. The van der Waals surface area contributed by atoms with E-state index in [9.17, 15) is 4.79 Å². The van der Waals surface area contributed by atoms with E-state index >= 15 is 0 Å². The summed E-state index contributed by atoms with van der Waals surface area (Å²) in [5, 5.41) is 0.526. The first-order valence-electron chi connectivity index (χ1n) is 10.8. The number of rotatable bonds is 6. The van der Waals surface area contributed by atoms with Crippen LogP contribution in [0.1, 0.15) is 25.8 Å². The van der Waals surface area contributed by atoms with Crippen molar-refractivity contribution in [3.8, 4) is 5.75 Å². The molecule has 0 aliphatic carbocycles. The fourth-order valence-electron chi connectivity index (χ4n) is 3.96.